The zero-order valence-electron chi connectivity index (χ0n) is 13.8. The van der Waals surface area contributed by atoms with Crippen LogP contribution >= 0.6 is 0 Å². The topological polar surface area (TPSA) is 110 Å². The Morgan fingerprint density at radius 1 is 1.30 bits per heavy atom. The molecule has 1 aliphatic heterocycles. The Balaban J connectivity index is 0.000000438. The molecule has 0 bridgehead atoms. The van der Waals surface area contributed by atoms with Crippen LogP contribution in [-0.2, 0) is 9.59 Å². The highest BCUT2D eigenvalue weighted by Gasteiger charge is 2.25. The van der Waals surface area contributed by atoms with Gasteiger partial charge in [-0.2, -0.15) is 0 Å². The lowest BCUT2D eigenvalue weighted by atomic mass is 10.2. The van der Waals surface area contributed by atoms with E-state index >= 15 is 0 Å². The molecule has 0 radical (unpaired) electrons. The van der Waals surface area contributed by atoms with Crippen LogP contribution in [-0.4, -0.2) is 61.7 Å². The number of aliphatic carboxylic acids is 2. The summed E-state index contributed by atoms with van der Waals surface area (Å²) in [5.74, 6) is -1.58. The number of aromatic amines is 1. The van der Waals surface area contributed by atoms with Gasteiger partial charge >= 0.3 is 5.97 Å². The van der Waals surface area contributed by atoms with E-state index in [0.717, 1.165) is 26.3 Å². The largest absolute Gasteiger partial charge is 0.481 e. The minimum Gasteiger partial charge on any atom is -0.481 e. The fourth-order valence-corrected chi connectivity index (χ4v) is 1.82. The van der Waals surface area contributed by atoms with Gasteiger partial charge in [0.1, 0.15) is 6.17 Å². The smallest absolute Gasteiger partial charge is 0.307 e. The van der Waals surface area contributed by atoms with Crippen molar-refractivity contribution in [1.29, 1.82) is 0 Å². The van der Waals surface area contributed by atoms with E-state index in [1.165, 1.54) is 0 Å². The number of hydrogen-bond donors (Lipinski definition) is 3. The molecule has 0 aliphatic carbocycles. The van der Waals surface area contributed by atoms with Crippen molar-refractivity contribution < 1.29 is 19.8 Å². The second-order valence-corrected chi connectivity index (χ2v) is 4.91. The van der Waals surface area contributed by atoms with Gasteiger partial charge in [-0.3, -0.25) is 9.59 Å². The van der Waals surface area contributed by atoms with E-state index in [9.17, 15) is 4.79 Å². The first-order chi connectivity index (χ1) is 10.9. The highest BCUT2D eigenvalue weighted by molar-refractivity contribution is 5.67. The molecule has 0 saturated heterocycles. The summed E-state index contributed by atoms with van der Waals surface area (Å²) in [5.41, 5.74) is 0. The van der Waals surface area contributed by atoms with Crippen molar-refractivity contribution in [1.82, 2.24) is 19.8 Å². The fraction of sp³-hybridized carbons (Fsp3) is 0.533. The molecule has 0 aromatic carbocycles. The zero-order chi connectivity index (χ0) is 17.7. The number of nitrogens with zero attached hydrogens (tertiary/aromatic N) is 3. The normalized spacial score (nSPS) is 15.3. The predicted octanol–water partition coefficient (Wildman–Crippen LogP) is 1.81. The van der Waals surface area contributed by atoms with Gasteiger partial charge in [-0.05, 0) is 6.42 Å². The lowest BCUT2D eigenvalue weighted by molar-refractivity contribution is -0.139. The van der Waals surface area contributed by atoms with Gasteiger partial charge < -0.3 is 25.0 Å². The molecule has 8 heteroatoms. The number of nitrogens with one attached hydrogen (secondary N) is 1. The monoisotopic (exact) mass is 326 g/mol. The molecule has 0 spiro atoms. The predicted molar refractivity (Wildman–Crippen MR) is 86.5 cm³/mol. The average Bonchev–Trinajstić information content (AvgIpc) is 3.11. The Labute approximate surface area is 136 Å². The number of aromatic nitrogens is 2. The maximum atomic E-state index is 10.6. The van der Waals surface area contributed by atoms with Crippen molar-refractivity contribution in [3.05, 3.63) is 31.1 Å². The molecular weight excluding hydrogens is 300 g/mol. The lowest BCUT2D eigenvalue weighted by Crippen LogP contribution is -2.38. The maximum absolute atomic E-state index is 10.6. The molecule has 23 heavy (non-hydrogen) atoms. The second-order valence-electron chi connectivity index (χ2n) is 4.91. The third-order valence-electron chi connectivity index (χ3n) is 2.88. The first-order valence-electron chi connectivity index (χ1n) is 7.38. The van der Waals surface area contributed by atoms with Crippen LogP contribution in [0.1, 0.15) is 33.1 Å². The van der Waals surface area contributed by atoms with Crippen LogP contribution in [0.15, 0.2) is 31.1 Å². The van der Waals surface area contributed by atoms with E-state index in [4.69, 9.17) is 15.0 Å². The molecular formula is C15H26N4O4. The number of H-pyrrole nitrogens is 1. The van der Waals surface area contributed by atoms with Crippen LogP contribution in [0.3, 0.4) is 0 Å². The van der Waals surface area contributed by atoms with Gasteiger partial charge in [0.05, 0.1) is 12.7 Å². The summed E-state index contributed by atoms with van der Waals surface area (Å²) in [6.07, 6.45) is 11.4. The standard InChI is InChI=1S/C10H18N2O2.C3H4N2.C2H4O2/c1-3-4-5-12-7-6-11(2)9(12)8-10(13)14;1-2-5-3-4-1;1-2(3)4/h6-7,9H,3-5,8H2,1-2H3,(H,13,14);1-3H,(H,4,5);1H3,(H,3,4). The summed E-state index contributed by atoms with van der Waals surface area (Å²) in [5, 5.41) is 16.2. The Kier molecular flexibility index (Phi) is 10.8. The van der Waals surface area contributed by atoms with Crippen LogP contribution in [0.25, 0.3) is 0 Å². The fourth-order valence-electron chi connectivity index (χ4n) is 1.82. The lowest BCUT2D eigenvalue weighted by Gasteiger charge is -2.29. The van der Waals surface area contributed by atoms with Gasteiger partial charge in [-0.1, -0.05) is 13.3 Å². The Morgan fingerprint density at radius 3 is 2.35 bits per heavy atom. The minimum atomic E-state index is -0.833. The minimum absolute atomic E-state index is 0.000880. The molecule has 1 unspecified atom stereocenters. The summed E-state index contributed by atoms with van der Waals surface area (Å²) >= 11 is 0. The highest BCUT2D eigenvalue weighted by Crippen LogP contribution is 2.17. The van der Waals surface area contributed by atoms with Gasteiger partial charge in [0, 0.05) is 45.3 Å². The van der Waals surface area contributed by atoms with Crippen LogP contribution in [0.4, 0.5) is 0 Å². The number of hydrogen-bond acceptors (Lipinski definition) is 5. The number of carboxylic acid groups (broad SMARTS) is 2. The molecule has 8 nitrogen and oxygen atoms in total. The van der Waals surface area contributed by atoms with Gasteiger partial charge in [0.2, 0.25) is 0 Å². The van der Waals surface area contributed by atoms with Crippen LogP contribution in [0.5, 0.6) is 0 Å². The summed E-state index contributed by atoms with van der Waals surface area (Å²) < 4.78 is 0. The van der Waals surface area contributed by atoms with Crippen molar-refractivity contribution >= 4 is 11.9 Å². The molecule has 2 rings (SSSR count). The molecule has 2 heterocycles. The van der Waals surface area contributed by atoms with E-state index in [1.807, 2.05) is 24.3 Å². The van der Waals surface area contributed by atoms with Crippen molar-refractivity contribution in [2.75, 3.05) is 13.6 Å². The Hall–Kier alpha value is -2.51. The van der Waals surface area contributed by atoms with Crippen molar-refractivity contribution in [2.24, 2.45) is 0 Å². The third kappa shape index (κ3) is 10.8. The van der Waals surface area contributed by atoms with Gasteiger partial charge in [-0.25, -0.2) is 4.98 Å². The highest BCUT2D eigenvalue weighted by atomic mass is 16.4. The molecule has 0 fully saturated rings. The Morgan fingerprint density at radius 2 is 1.96 bits per heavy atom. The van der Waals surface area contributed by atoms with Crippen LogP contribution in [0, 0.1) is 0 Å². The van der Waals surface area contributed by atoms with Gasteiger partial charge in [0.25, 0.3) is 5.97 Å². The van der Waals surface area contributed by atoms with E-state index in [2.05, 4.69) is 21.8 Å². The maximum Gasteiger partial charge on any atom is 0.307 e. The third-order valence-corrected chi connectivity index (χ3v) is 2.88. The van der Waals surface area contributed by atoms with Crippen LogP contribution in [0.2, 0.25) is 0 Å². The molecule has 130 valence electrons. The SMILES string of the molecule is CC(=O)O.CCCCN1C=CN(C)C1CC(=O)O.c1c[nH]cn1. The van der Waals surface area contributed by atoms with Gasteiger partial charge in [-0.15, -0.1) is 0 Å². The summed E-state index contributed by atoms with van der Waals surface area (Å²) in [6.45, 7) is 4.16. The molecule has 3 N–H and O–H groups in total. The molecule has 0 saturated carbocycles. The Bertz CT molecular complexity index is 441. The number of imidazole rings is 1. The van der Waals surface area contributed by atoms with E-state index in [0.29, 0.717) is 0 Å². The first kappa shape index (κ1) is 20.5. The van der Waals surface area contributed by atoms with Crippen LogP contribution < -0.4 is 0 Å². The number of carboxylic acids is 2. The molecule has 1 aromatic rings. The summed E-state index contributed by atoms with van der Waals surface area (Å²) in [7, 11) is 1.91. The molecule has 1 aromatic heterocycles. The molecule has 0 amide bonds. The first-order valence-corrected chi connectivity index (χ1v) is 7.38. The summed E-state index contributed by atoms with van der Waals surface area (Å²) in [4.78, 5) is 30.1. The number of unbranched alkanes of at least 4 members (excludes halogenated alkanes) is 1. The quantitative estimate of drug-likeness (QED) is 0.757. The molecule has 1 aliphatic rings. The van der Waals surface area contributed by atoms with Crippen molar-refractivity contribution in [3.8, 4) is 0 Å². The van der Waals surface area contributed by atoms with Crippen molar-refractivity contribution in [2.45, 2.75) is 39.3 Å². The van der Waals surface area contributed by atoms with Gasteiger partial charge in [0.15, 0.2) is 0 Å². The van der Waals surface area contributed by atoms with Crippen molar-refractivity contribution in [3.63, 3.8) is 0 Å². The number of rotatable bonds is 5. The average molecular weight is 326 g/mol. The van der Waals surface area contributed by atoms with E-state index < -0.39 is 11.9 Å². The second kappa shape index (κ2) is 12.1. The number of carbonyl (C=O) groups is 2. The van der Waals surface area contributed by atoms with E-state index in [-0.39, 0.29) is 12.6 Å². The molecule has 1 atom stereocenters. The zero-order valence-corrected chi connectivity index (χ0v) is 13.8. The van der Waals surface area contributed by atoms with E-state index in [1.54, 1.807) is 18.7 Å². The summed E-state index contributed by atoms with van der Waals surface area (Å²) in [6, 6.07) is 0.